The Bertz CT molecular complexity index is 1090. The van der Waals surface area contributed by atoms with E-state index in [2.05, 4.69) is 22.4 Å². The van der Waals surface area contributed by atoms with Crippen LogP contribution in [0.25, 0.3) is 21.7 Å². The first kappa shape index (κ1) is 20.1. The van der Waals surface area contributed by atoms with Crippen molar-refractivity contribution >= 4 is 28.4 Å². The molecule has 0 spiro atoms. The number of hydrogen-bond acceptors (Lipinski definition) is 7. The summed E-state index contributed by atoms with van der Waals surface area (Å²) in [4.78, 5) is 8.38. The highest BCUT2D eigenvalue weighted by Crippen LogP contribution is 2.41. The predicted molar refractivity (Wildman–Crippen MR) is 125 cm³/mol. The smallest absolute Gasteiger partial charge is 0.186 e. The number of nitrogens with one attached hydrogen (secondary N) is 2. The molecule has 0 amide bonds. The topological polar surface area (TPSA) is 102 Å². The van der Waals surface area contributed by atoms with Gasteiger partial charge in [-0.3, -0.25) is 0 Å². The highest BCUT2D eigenvalue weighted by molar-refractivity contribution is 7.19. The van der Waals surface area contributed by atoms with Gasteiger partial charge < -0.3 is 21.4 Å². The molecule has 4 N–H and O–H groups in total. The van der Waals surface area contributed by atoms with Crippen molar-refractivity contribution in [2.45, 2.75) is 18.9 Å². The zero-order chi connectivity index (χ0) is 21.1. The van der Waals surface area contributed by atoms with Crippen LogP contribution in [0.4, 0.5) is 10.8 Å². The number of piperidine rings is 1. The molecule has 0 radical (unpaired) electrons. The van der Waals surface area contributed by atoms with E-state index in [0.29, 0.717) is 5.56 Å². The van der Waals surface area contributed by atoms with E-state index in [0.717, 1.165) is 64.0 Å². The van der Waals surface area contributed by atoms with Crippen LogP contribution in [0.5, 0.6) is 0 Å². The number of aromatic nitrogens is 1. The molecule has 1 aliphatic heterocycles. The number of rotatable bonds is 5. The maximum absolute atomic E-state index is 9.13. The molecule has 2 heterocycles. The quantitative estimate of drug-likeness (QED) is 0.538. The number of nitrogens with two attached hydrogens (primary N) is 1. The molecular formula is C23H24N6S. The third kappa shape index (κ3) is 3.92. The molecule has 1 fully saturated rings. The second-order valence-electron chi connectivity index (χ2n) is 7.38. The molecular weight excluding hydrogens is 392 g/mol. The first-order valence-electron chi connectivity index (χ1n) is 9.97. The van der Waals surface area contributed by atoms with Crippen molar-refractivity contribution in [1.29, 1.82) is 10.7 Å². The normalized spacial score (nSPS) is 14.4. The molecule has 2 aromatic carbocycles. The van der Waals surface area contributed by atoms with Gasteiger partial charge in [-0.2, -0.15) is 5.26 Å². The Labute approximate surface area is 180 Å². The fourth-order valence-corrected chi connectivity index (χ4v) is 4.82. The van der Waals surface area contributed by atoms with Crippen molar-refractivity contribution in [2.24, 2.45) is 5.73 Å². The summed E-state index contributed by atoms with van der Waals surface area (Å²) in [6, 6.07) is 16.1. The van der Waals surface area contributed by atoms with Gasteiger partial charge in [0.1, 0.15) is 0 Å². The van der Waals surface area contributed by atoms with E-state index >= 15 is 0 Å². The van der Waals surface area contributed by atoms with Crippen molar-refractivity contribution in [3.8, 4) is 27.8 Å². The van der Waals surface area contributed by atoms with Gasteiger partial charge in [-0.1, -0.05) is 29.5 Å². The lowest BCUT2D eigenvalue weighted by molar-refractivity contribution is 0.501. The average molecular weight is 417 g/mol. The third-order valence-corrected chi connectivity index (χ3v) is 6.62. The van der Waals surface area contributed by atoms with E-state index in [4.69, 9.17) is 21.4 Å². The van der Waals surface area contributed by atoms with Gasteiger partial charge in [0.05, 0.1) is 22.2 Å². The number of anilines is 2. The SMILES string of the molecule is CNc1ccc(-c2sc(N3CCC(N)CC3)nc2-c2ccc(C#N)cc2)cc1C=N. The van der Waals surface area contributed by atoms with Gasteiger partial charge >= 0.3 is 0 Å². The summed E-state index contributed by atoms with van der Waals surface area (Å²) in [7, 11) is 1.86. The molecule has 30 heavy (non-hydrogen) atoms. The Hall–Kier alpha value is -3.21. The first-order valence-corrected chi connectivity index (χ1v) is 10.8. The lowest BCUT2D eigenvalue weighted by Gasteiger charge is -2.29. The molecule has 4 rings (SSSR count). The lowest BCUT2D eigenvalue weighted by Crippen LogP contribution is -2.39. The summed E-state index contributed by atoms with van der Waals surface area (Å²) in [6.45, 7) is 1.82. The minimum atomic E-state index is 0.267. The van der Waals surface area contributed by atoms with Crippen LogP contribution in [0.1, 0.15) is 24.0 Å². The van der Waals surface area contributed by atoms with E-state index in [1.807, 2.05) is 43.4 Å². The predicted octanol–water partition coefficient (Wildman–Crippen LogP) is 4.32. The van der Waals surface area contributed by atoms with E-state index in [-0.39, 0.29) is 6.04 Å². The summed E-state index contributed by atoms with van der Waals surface area (Å²) in [5, 5.41) is 21.0. The van der Waals surface area contributed by atoms with Crippen molar-refractivity contribution < 1.29 is 0 Å². The molecule has 0 aliphatic carbocycles. The second kappa shape index (κ2) is 8.66. The van der Waals surface area contributed by atoms with Gasteiger partial charge in [0.25, 0.3) is 0 Å². The fraction of sp³-hybridized carbons (Fsp3) is 0.261. The number of hydrogen-bond donors (Lipinski definition) is 3. The molecule has 1 aliphatic rings. The third-order valence-electron chi connectivity index (χ3n) is 5.45. The van der Waals surface area contributed by atoms with Crippen molar-refractivity contribution in [2.75, 3.05) is 30.4 Å². The summed E-state index contributed by atoms with van der Waals surface area (Å²) < 4.78 is 0. The highest BCUT2D eigenvalue weighted by atomic mass is 32.1. The zero-order valence-corrected chi connectivity index (χ0v) is 17.7. The Balaban J connectivity index is 1.81. The number of nitriles is 1. The Morgan fingerprint density at radius 3 is 2.53 bits per heavy atom. The molecule has 0 atom stereocenters. The molecule has 1 saturated heterocycles. The van der Waals surface area contributed by atoms with E-state index in [9.17, 15) is 0 Å². The van der Waals surface area contributed by atoms with Crippen LogP contribution in [0.2, 0.25) is 0 Å². The van der Waals surface area contributed by atoms with Crippen molar-refractivity contribution in [3.05, 3.63) is 53.6 Å². The highest BCUT2D eigenvalue weighted by Gasteiger charge is 2.22. The van der Waals surface area contributed by atoms with Gasteiger partial charge in [0, 0.05) is 49.2 Å². The Kier molecular flexibility index (Phi) is 5.79. The summed E-state index contributed by atoms with van der Waals surface area (Å²) >= 11 is 1.67. The van der Waals surface area contributed by atoms with Gasteiger partial charge in [-0.25, -0.2) is 4.98 Å². The summed E-state index contributed by atoms with van der Waals surface area (Å²) in [6.07, 6.45) is 3.30. The van der Waals surface area contributed by atoms with E-state index in [1.54, 1.807) is 11.3 Å². The van der Waals surface area contributed by atoms with Crippen LogP contribution in [-0.2, 0) is 0 Å². The lowest BCUT2D eigenvalue weighted by atomic mass is 10.0. The maximum atomic E-state index is 9.13. The molecule has 6 nitrogen and oxygen atoms in total. The first-order chi connectivity index (χ1) is 14.6. The van der Waals surface area contributed by atoms with Gasteiger partial charge in [0.15, 0.2) is 5.13 Å². The van der Waals surface area contributed by atoms with Crippen LogP contribution < -0.4 is 16.0 Å². The number of nitrogens with zero attached hydrogens (tertiary/aromatic N) is 3. The van der Waals surface area contributed by atoms with Gasteiger partial charge in [0.2, 0.25) is 0 Å². The van der Waals surface area contributed by atoms with Crippen LogP contribution in [0.3, 0.4) is 0 Å². The molecule has 0 saturated carbocycles. The summed E-state index contributed by atoms with van der Waals surface area (Å²) in [5.74, 6) is 0. The second-order valence-corrected chi connectivity index (χ2v) is 8.36. The Morgan fingerprint density at radius 1 is 1.20 bits per heavy atom. The van der Waals surface area contributed by atoms with E-state index in [1.165, 1.54) is 6.21 Å². The molecule has 0 unspecified atom stereocenters. The Morgan fingerprint density at radius 2 is 1.90 bits per heavy atom. The van der Waals surface area contributed by atoms with Crippen LogP contribution >= 0.6 is 11.3 Å². The van der Waals surface area contributed by atoms with Gasteiger partial charge in [-0.15, -0.1) is 0 Å². The minimum absolute atomic E-state index is 0.267. The average Bonchev–Trinajstić information content (AvgIpc) is 3.24. The van der Waals surface area contributed by atoms with Crippen LogP contribution in [0.15, 0.2) is 42.5 Å². The minimum Gasteiger partial charge on any atom is -0.388 e. The molecule has 1 aromatic heterocycles. The van der Waals surface area contributed by atoms with Crippen molar-refractivity contribution in [3.63, 3.8) is 0 Å². The van der Waals surface area contributed by atoms with E-state index < -0.39 is 0 Å². The molecule has 7 heteroatoms. The number of benzene rings is 2. The monoisotopic (exact) mass is 416 g/mol. The van der Waals surface area contributed by atoms with Gasteiger partial charge in [-0.05, 0) is 42.7 Å². The van der Waals surface area contributed by atoms with Crippen molar-refractivity contribution in [1.82, 2.24) is 4.98 Å². The molecule has 0 bridgehead atoms. The largest absolute Gasteiger partial charge is 0.388 e. The summed E-state index contributed by atoms with van der Waals surface area (Å²) in [5.41, 5.74) is 11.4. The van der Waals surface area contributed by atoms with Crippen LogP contribution in [-0.4, -0.2) is 37.4 Å². The van der Waals surface area contributed by atoms with Crippen LogP contribution in [0, 0.1) is 16.7 Å². The molecule has 3 aromatic rings. The fourth-order valence-electron chi connectivity index (χ4n) is 3.68. The number of thiazole rings is 1. The molecule has 152 valence electrons. The standard InChI is InChI=1S/C23H24N6S/c1-27-20-7-6-17(12-18(20)14-25)22-21(16-4-2-15(13-24)3-5-16)28-23(30-22)29-10-8-19(26)9-11-29/h2-7,12,14,19,25,27H,8-11,26H2,1H3. The maximum Gasteiger partial charge on any atom is 0.186 e. The zero-order valence-electron chi connectivity index (χ0n) is 16.9.